The lowest BCUT2D eigenvalue weighted by Gasteiger charge is -2.15. The van der Waals surface area contributed by atoms with E-state index in [4.69, 9.17) is 4.52 Å². The predicted molar refractivity (Wildman–Crippen MR) is 119 cm³/mol. The van der Waals surface area contributed by atoms with Gasteiger partial charge in [0.1, 0.15) is 0 Å². The Balaban J connectivity index is 2.13. The van der Waals surface area contributed by atoms with E-state index >= 15 is 0 Å². The van der Waals surface area contributed by atoms with Crippen molar-refractivity contribution in [3.63, 3.8) is 0 Å². The monoisotopic (exact) mass is 435 g/mol. The second-order valence-electron chi connectivity index (χ2n) is 7.18. The molecule has 0 amide bonds. The third-order valence-electron chi connectivity index (χ3n) is 4.89. The van der Waals surface area contributed by atoms with Gasteiger partial charge in [-0.25, -0.2) is 17.7 Å². The molecule has 0 aliphatic heterocycles. The van der Waals surface area contributed by atoms with E-state index in [1.165, 1.54) is 18.4 Å². The third-order valence-corrected chi connectivity index (χ3v) is 6.81. The van der Waals surface area contributed by atoms with Crippen LogP contribution in [0.4, 0.5) is 0 Å². The van der Waals surface area contributed by atoms with Crippen LogP contribution < -0.4 is 10.6 Å². The van der Waals surface area contributed by atoms with E-state index in [1.54, 1.807) is 18.2 Å². The SMILES string of the molecule is CCNC(=NCc1ccccc1S(=O)(=O)N(C)C)NCc1cc(C(CC)CC)no1. The topological polar surface area (TPSA) is 99.8 Å². The van der Waals surface area contributed by atoms with Gasteiger partial charge in [-0.2, -0.15) is 0 Å². The van der Waals surface area contributed by atoms with Crippen LogP contribution in [-0.2, 0) is 23.1 Å². The highest BCUT2D eigenvalue weighted by atomic mass is 32.2. The maximum Gasteiger partial charge on any atom is 0.242 e. The Hall–Kier alpha value is -2.39. The summed E-state index contributed by atoms with van der Waals surface area (Å²) >= 11 is 0. The molecule has 0 fully saturated rings. The normalized spacial score (nSPS) is 12.6. The number of rotatable bonds is 10. The standard InChI is InChI=1S/C21H33N5O3S/c1-6-16(7-2)19-13-18(29-25-19)15-24-21(22-8-3)23-14-17-11-9-10-12-20(17)30(27,28)26(4)5/h9-13,16H,6-8,14-15H2,1-5H3,(H2,22,23,24). The molecule has 0 saturated carbocycles. The number of sulfonamides is 1. The van der Waals surface area contributed by atoms with Gasteiger partial charge in [0.05, 0.1) is 23.7 Å². The van der Waals surface area contributed by atoms with Crippen molar-refractivity contribution in [1.82, 2.24) is 20.1 Å². The zero-order valence-electron chi connectivity index (χ0n) is 18.5. The Labute approximate surface area is 179 Å². The van der Waals surface area contributed by atoms with Gasteiger partial charge in [-0.05, 0) is 31.4 Å². The zero-order chi connectivity index (χ0) is 22.1. The minimum atomic E-state index is -3.53. The fraction of sp³-hybridized carbons (Fsp3) is 0.524. The maximum absolute atomic E-state index is 12.6. The summed E-state index contributed by atoms with van der Waals surface area (Å²) in [7, 11) is -0.489. The van der Waals surface area contributed by atoms with Crippen molar-refractivity contribution < 1.29 is 12.9 Å². The first-order valence-corrected chi connectivity index (χ1v) is 11.8. The maximum atomic E-state index is 12.6. The van der Waals surface area contributed by atoms with Crippen LogP contribution in [0.25, 0.3) is 0 Å². The summed E-state index contributed by atoms with van der Waals surface area (Å²) in [5.41, 5.74) is 1.61. The zero-order valence-corrected chi connectivity index (χ0v) is 19.3. The highest BCUT2D eigenvalue weighted by Crippen LogP contribution is 2.22. The molecule has 1 aromatic carbocycles. The molecule has 0 aliphatic carbocycles. The van der Waals surface area contributed by atoms with Gasteiger partial charge in [0.15, 0.2) is 11.7 Å². The molecule has 0 unspecified atom stereocenters. The van der Waals surface area contributed by atoms with Gasteiger partial charge < -0.3 is 15.2 Å². The van der Waals surface area contributed by atoms with Gasteiger partial charge in [0, 0.05) is 32.6 Å². The van der Waals surface area contributed by atoms with Crippen molar-refractivity contribution in [3.05, 3.63) is 47.3 Å². The Morgan fingerprint density at radius 3 is 2.50 bits per heavy atom. The molecule has 0 radical (unpaired) electrons. The van der Waals surface area contributed by atoms with Gasteiger partial charge >= 0.3 is 0 Å². The molecule has 2 rings (SSSR count). The van der Waals surface area contributed by atoms with Crippen LogP contribution in [-0.4, -0.2) is 44.5 Å². The van der Waals surface area contributed by atoms with Crippen LogP contribution in [0, 0.1) is 0 Å². The average molecular weight is 436 g/mol. The van der Waals surface area contributed by atoms with Gasteiger partial charge in [0.2, 0.25) is 10.0 Å². The van der Waals surface area contributed by atoms with Crippen molar-refractivity contribution in [2.24, 2.45) is 4.99 Å². The highest BCUT2D eigenvalue weighted by Gasteiger charge is 2.20. The minimum absolute atomic E-state index is 0.230. The molecule has 9 heteroatoms. The molecule has 2 aromatic rings. The Kier molecular flexibility index (Phi) is 8.86. The highest BCUT2D eigenvalue weighted by molar-refractivity contribution is 7.89. The van der Waals surface area contributed by atoms with Gasteiger partial charge in [-0.3, -0.25) is 0 Å². The number of hydrogen-bond acceptors (Lipinski definition) is 5. The number of hydrogen-bond donors (Lipinski definition) is 2. The lowest BCUT2D eigenvalue weighted by molar-refractivity contribution is 0.368. The molecular formula is C21H33N5O3S. The van der Waals surface area contributed by atoms with Crippen molar-refractivity contribution in [2.75, 3.05) is 20.6 Å². The van der Waals surface area contributed by atoms with Gasteiger partial charge in [0.25, 0.3) is 0 Å². The molecule has 0 aliphatic rings. The van der Waals surface area contributed by atoms with E-state index in [1.807, 2.05) is 19.1 Å². The summed E-state index contributed by atoms with van der Waals surface area (Å²) in [4.78, 5) is 4.82. The summed E-state index contributed by atoms with van der Waals surface area (Å²) in [5.74, 6) is 1.72. The lowest BCUT2D eigenvalue weighted by atomic mass is 9.99. The van der Waals surface area contributed by atoms with Crippen LogP contribution in [0.3, 0.4) is 0 Å². The van der Waals surface area contributed by atoms with Crippen molar-refractivity contribution in [2.45, 2.75) is 57.5 Å². The van der Waals surface area contributed by atoms with Gasteiger partial charge in [-0.1, -0.05) is 37.2 Å². The summed E-state index contributed by atoms with van der Waals surface area (Å²) in [6, 6.07) is 8.89. The molecule has 2 N–H and O–H groups in total. The van der Waals surface area contributed by atoms with E-state index < -0.39 is 10.0 Å². The summed E-state index contributed by atoms with van der Waals surface area (Å²) < 4.78 is 31.8. The Bertz CT molecular complexity index is 934. The summed E-state index contributed by atoms with van der Waals surface area (Å²) in [5, 5.41) is 10.6. The predicted octanol–water partition coefficient (Wildman–Crippen LogP) is 3.08. The molecule has 8 nitrogen and oxygen atoms in total. The van der Waals surface area contributed by atoms with Crippen molar-refractivity contribution in [1.29, 1.82) is 0 Å². The molecule has 166 valence electrons. The quantitative estimate of drug-likeness (QED) is 0.439. The number of nitrogens with zero attached hydrogens (tertiary/aromatic N) is 3. The molecule has 30 heavy (non-hydrogen) atoms. The Morgan fingerprint density at radius 2 is 1.87 bits per heavy atom. The largest absolute Gasteiger partial charge is 0.359 e. The van der Waals surface area contributed by atoms with Crippen molar-refractivity contribution in [3.8, 4) is 0 Å². The number of aliphatic imine (C=N–C) groups is 1. The number of guanidine groups is 1. The third kappa shape index (κ3) is 6.06. The van der Waals surface area contributed by atoms with Crippen LogP contribution in [0.2, 0.25) is 0 Å². The molecule has 0 bridgehead atoms. The smallest absolute Gasteiger partial charge is 0.242 e. The van der Waals surface area contributed by atoms with E-state index in [9.17, 15) is 8.42 Å². The van der Waals surface area contributed by atoms with E-state index in [0.717, 1.165) is 24.3 Å². The lowest BCUT2D eigenvalue weighted by Crippen LogP contribution is -2.36. The first-order valence-electron chi connectivity index (χ1n) is 10.3. The molecule has 0 atom stereocenters. The van der Waals surface area contributed by atoms with Crippen LogP contribution in [0.15, 0.2) is 44.7 Å². The Morgan fingerprint density at radius 1 is 1.17 bits per heavy atom. The number of benzene rings is 1. The number of nitrogens with one attached hydrogen (secondary N) is 2. The van der Waals surface area contributed by atoms with Crippen LogP contribution >= 0.6 is 0 Å². The van der Waals surface area contributed by atoms with E-state index in [0.29, 0.717) is 30.5 Å². The number of aromatic nitrogens is 1. The van der Waals surface area contributed by atoms with Crippen LogP contribution in [0.5, 0.6) is 0 Å². The molecular weight excluding hydrogens is 402 g/mol. The van der Waals surface area contributed by atoms with Gasteiger partial charge in [-0.15, -0.1) is 0 Å². The first kappa shape index (κ1) is 23.9. The van der Waals surface area contributed by atoms with Crippen molar-refractivity contribution >= 4 is 16.0 Å². The van der Waals surface area contributed by atoms with E-state index in [-0.39, 0.29) is 11.4 Å². The molecule has 1 aromatic heterocycles. The fourth-order valence-electron chi connectivity index (χ4n) is 3.07. The molecule has 0 saturated heterocycles. The summed E-state index contributed by atoms with van der Waals surface area (Å²) in [6.45, 7) is 7.61. The second kappa shape index (κ2) is 11.1. The fourth-order valence-corrected chi connectivity index (χ4v) is 4.18. The average Bonchev–Trinajstić information content (AvgIpc) is 3.20. The van der Waals surface area contributed by atoms with E-state index in [2.05, 4.69) is 34.6 Å². The second-order valence-corrected chi connectivity index (χ2v) is 9.30. The first-order chi connectivity index (χ1) is 14.3. The molecule has 0 spiro atoms. The van der Waals surface area contributed by atoms with Crippen LogP contribution in [0.1, 0.15) is 56.5 Å². The summed E-state index contributed by atoms with van der Waals surface area (Å²) in [6.07, 6.45) is 2.05. The minimum Gasteiger partial charge on any atom is -0.359 e. The molecule has 1 heterocycles.